The Morgan fingerprint density at radius 1 is 1.50 bits per heavy atom. The van der Waals surface area contributed by atoms with Crippen LogP contribution in [0.5, 0.6) is 0 Å². The van der Waals surface area contributed by atoms with Gasteiger partial charge in [-0.3, -0.25) is 9.20 Å². The molecule has 2 N–H and O–H groups in total. The lowest BCUT2D eigenvalue weighted by Crippen LogP contribution is -2.52. The zero-order chi connectivity index (χ0) is 12.7. The molecule has 2 aromatic rings. The molecule has 0 saturated carbocycles. The number of nitrogens with zero attached hydrogens (tertiary/aromatic N) is 3. The van der Waals surface area contributed by atoms with Crippen LogP contribution in [0.25, 0.3) is 5.78 Å². The van der Waals surface area contributed by atoms with Crippen LogP contribution < -0.4 is 5.32 Å². The third-order valence-corrected chi connectivity index (χ3v) is 3.41. The van der Waals surface area contributed by atoms with Crippen LogP contribution in [0.15, 0.2) is 18.6 Å². The number of hydrogen-bond acceptors (Lipinski definition) is 3. The van der Waals surface area contributed by atoms with Crippen molar-refractivity contribution < 1.29 is 4.79 Å². The van der Waals surface area contributed by atoms with Crippen molar-refractivity contribution in [1.29, 1.82) is 0 Å². The SMILES string of the molecule is CC(=O)N1CC(C)NC(c2cn3ccnc3[nH]2)C1. The highest BCUT2D eigenvalue weighted by Gasteiger charge is 2.27. The Balaban J connectivity index is 1.86. The Labute approximate surface area is 105 Å². The van der Waals surface area contributed by atoms with E-state index in [9.17, 15) is 4.79 Å². The highest BCUT2D eigenvalue weighted by atomic mass is 16.2. The molecule has 1 saturated heterocycles. The van der Waals surface area contributed by atoms with E-state index >= 15 is 0 Å². The minimum absolute atomic E-state index is 0.129. The van der Waals surface area contributed by atoms with E-state index in [1.807, 2.05) is 21.7 Å². The highest BCUT2D eigenvalue weighted by molar-refractivity contribution is 5.73. The molecule has 6 nitrogen and oxygen atoms in total. The van der Waals surface area contributed by atoms with Crippen LogP contribution in [0.3, 0.4) is 0 Å². The molecule has 2 atom stereocenters. The van der Waals surface area contributed by atoms with Gasteiger partial charge in [0.05, 0.1) is 11.7 Å². The first-order valence-electron chi connectivity index (χ1n) is 6.16. The second-order valence-corrected chi connectivity index (χ2v) is 4.91. The van der Waals surface area contributed by atoms with Crippen LogP contribution >= 0.6 is 0 Å². The maximum absolute atomic E-state index is 11.5. The molecule has 0 spiro atoms. The first-order chi connectivity index (χ1) is 8.63. The molecule has 1 amide bonds. The second kappa shape index (κ2) is 4.13. The number of carbonyl (C=O) groups is 1. The number of imidazole rings is 2. The smallest absolute Gasteiger partial charge is 0.219 e. The third kappa shape index (κ3) is 1.88. The van der Waals surface area contributed by atoms with Gasteiger partial charge < -0.3 is 15.2 Å². The Kier molecular flexibility index (Phi) is 2.59. The molecule has 0 aromatic carbocycles. The number of H-pyrrole nitrogens is 1. The van der Waals surface area contributed by atoms with Gasteiger partial charge in [-0.15, -0.1) is 0 Å². The van der Waals surface area contributed by atoms with Crippen LogP contribution in [0.1, 0.15) is 25.6 Å². The summed E-state index contributed by atoms with van der Waals surface area (Å²) in [6.45, 7) is 5.18. The predicted octanol–water partition coefficient (Wildman–Crippen LogP) is 0.544. The van der Waals surface area contributed by atoms with Gasteiger partial charge in [-0.25, -0.2) is 4.98 Å². The third-order valence-electron chi connectivity index (χ3n) is 3.41. The summed E-state index contributed by atoms with van der Waals surface area (Å²) in [4.78, 5) is 20.9. The van der Waals surface area contributed by atoms with Crippen LogP contribution in [-0.2, 0) is 4.79 Å². The summed E-state index contributed by atoms with van der Waals surface area (Å²) in [6.07, 6.45) is 5.69. The fourth-order valence-corrected chi connectivity index (χ4v) is 2.52. The molecule has 2 unspecified atom stereocenters. The van der Waals surface area contributed by atoms with Gasteiger partial charge in [0.25, 0.3) is 0 Å². The minimum atomic E-state index is 0.129. The monoisotopic (exact) mass is 247 g/mol. The maximum Gasteiger partial charge on any atom is 0.219 e. The lowest BCUT2D eigenvalue weighted by Gasteiger charge is -2.36. The standard InChI is InChI=1S/C12H17N5O/c1-8-5-17(9(2)18)7-10(14-8)11-6-16-4-3-13-12(16)15-11/h3-4,6,8,10,14H,5,7H2,1-2H3,(H,13,15). The topological polar surface area (TPSA) is 65.4 Å². The van der Waals surface area contributed by atoms with Crippen molar-refractivity contribution in [2.45, 2.75) is 25.9 Å². The highest BCUT2D eigenvalue weighted by Crippen LogP contribution is 2.19. The summed E-state index contributed by atoms with van der Waals surface area (Å²) in [5, 5.41) is 3.50. The Morgan fingerprint density at radius 3 is 3.06 bits per heavy atom. The van der Waals surface area contributed by atoms with E-state index in [1.54, 1.807) is 13.1 Å². The number of aromatic amines is 1. The number of carbonyl (C=O) groups excluding carboxylic acids is 1. The fraction of sp³-hybridized carbons (Fsp3) is 0.500. The average Bonchev–Trinajstić information content (AvgIpc) is 2.87. The van der Waals surface area contributed by atoms with E-state index in [0.717, 1.165) is 18.0 Å². The molecule has 18 heavy (non-hydrogen) atoms. The number of rotatable bonds is 1. The summed E-state index contributed by atoms with van der Waals surface area (Å²) >= 11 is 0. The van der Waals surface area contributed by atoms with Crippen molar-refractivity contribution in [3.63, 3.8) is 0 Å². The summed E-state index contributed by atoms with van der Waals surface area (Å²) in [5.41, 5.74) is 1.07. The Hall–Kier alpha value is -1.82. The molecule has 96 valence electrons. The van der Waals surface area contributed by atoms with Crippen molar-refractivity contribution in [3.8, 4) is 0 Å². The van der Waals surface area contributed by atoms with E-state index in [1.165, 1.54) is 0 Å². The number of nitrogens with one attached hydrogen (secondary N) is 2. The number of fused-ring (bicyclic) bond motifs is 1. The van der Waals surface area contributed by atoms with Gasteiger partial charge in [-0.2, -0.15) is 0 Å². The van der Waals surface area contributed by atoms with Crippen LogP contribution in [0.2, 0.25) is 0 Å². The van der Waals surface area contributed by atoms with Crippen LogP contribution in [-0.4, -0.2) is 44.3 Å². The Bertz CT molecular complexity index is 543. The van der Waals surface area contributed by atoms with E-state index in [-0.39, 0.29) is 11.9 Å². The summed E-state index contributed by atoms with van der Waals surface area (Å²) < 4.78 is 1.95. The quantitative estimate of drug-likeness (QED) is 0.773. The van der Waals surface area contributed by atoms with Gasteiger partial charge in [-0.05, 0) is 6.92 Å². The van der Waals surface area contributed by atoms with Gasteiger partial charge in [0.15, 0.2) is 0 Å². The van der Waals surface area contributed by atoms with Crippen molar-refractivity contribution >= 4 is 11.7 Å². The second-order valence-electron chi connectivity index (χ2n) is 4.91. The molecule has 0 aliphatic carbocycles. The van der Waals surface area contributed by atoms with E-state index in [4.69, 9.17) is 0 Å². The van der Waals surface area contributed by atoms with Gasteiger partial charge in [0, 0.05) is 44.6 Å². The number of hydrogen-bond donors (Lipinski definition) is 2. The minimum Gasteiger partial charge on any atom is -0.339 e. The molecule has 1 aliphatic heterocycles. The molecule has 0 bridgehead atoms. The zero-order valence-corrected chi connectivity index (χ0v) is 10.6. The van der Waals surface area contributed by atoms with Crippen LogP contribution in [0.4, 0.5) is 0 Å². The van der Waals surface area contributed by atoms with E-state index < -0.39 is 0 Å². The molecular formula is C12H17N5O. The summed E-state index contributed by atoms with van der Waals surface area (Å²) in [5.74, 6) is 0.962. The fourth-order valence-electron chi connectivity index (χ4n) is 2.52. The number of piperazine rings is 1. The van der Waals surface area contributed by atoms with Crippen LogP contribution in [0, 0.1) is 0 Å². The average molecular weight is 247 g/mol. The molecular weight excluding hydrogens is 230 g/mol. The largest absolute Gasteiger partial charge is 0.339 e. The molecule has 3 heterocycles. The van der Waals surface area contributed by atoms with Crippen molar-refractivity contribution in [3.05, 3.63) is 24.3 Å². The summed E-state index contributed by atoms with van der Waals surface area (Å²) in [6, 6.07) is 0.433. The van der Waals surface area contributed by atoms with Gasteiger partial charge in [0.2, 0.25) is 11.7 Å². The number of aromatic nitrogens is 3. The molecule has 1 aliphatic rings. The van der Waals surface area contributed by atoms with Crippen molar-refractivity contribution in [2.75, 3.05) is 13.1 Å². The first kappa shape index (κ1) is 11.3. The normalized spacial score (nSPS) is 24.7. The lowest BCUT2D eigenvalue weighted by atomic mass is 10.1. The molecule has 6 heteroatoms. The van der Waals surface area contributed by atoms with Gasteiger partial charge in [-0.1, -0.05) is 0 Å². The predicted molar refractivity (Wildman–Crippen MR) is 67.1 cm³/mol. The van der Waals surface area contributed by atoms with Crippen molar-refractivity contribution in [1.82, 2.24) is 24.6 Å². The molecule has 0 radical (unpaired) electrons. The lowest BCUT2D eigenvalue weighted by molar-refractivity contribution is -0.130. The van der Waals surface area contributed by atoms with E-state index in [2.05, 4.69) is 22.2 Å². The Morgan fingerprint density at radius 2 is 2.33 bits per heavy atom. The maximum atomic E-state index is 11.5. The van der Waals surface area contributed by atoms with Crippen molar-refractivity contribution in [2.24, 2.45) is 0 Å². The molecule has 1 fully saturated rings. The summed E-state index contributed by atoms with van der Waals surface area (Å²) in [7, 11) is 0. The first-order valence-corrected chi connectivity index (χ1v) is 6.16. The van der Waals surface area contributed by atoms with Gasteiger partial charge in [0.1, 0.15) is 0 Å². The molecule has 3 rings (SSSR count). The van der Waals surface area contributed by atoms with E-state index in [0.29, 0.717) is 12.6 Å². The zero-order valence-electron chi connectivity index (χ0n) is 10.6. The number of amides is 1. The molecule has 2 aromatic heterocycles. The van der Waals surface area contributed by atoms with Gasteiger partial charge >= 0.3 is 0 Å².